The normalized spacial score (nSPS) is 10.2. The Morgan fingerprint density at radius 2 is 1.85 bits per heavy atom. The van der Waals surface area contributed by atoms with Crippen LogP contribution in [0.1, 0.15) is 15.9 Å². The number of aryl methyl sites for hydroxylation is 1. The van der Waals surface area contributed by atoms with Crippen LogP contribution in [0.15, 0.2) is 42.5 Å². The van der Waals surface area contributed by atoms with Crippen molar-refractivity contribution in [3.05, 3.63) is 59.4 Å². The summed E-state index contributed by atoms with van der Waals surface area (Å²) in [5.74, 6) is 4.89. The number of carbonyl (C=O) groups is 1. The zero-order chi connectivity index (χ0) is 14.7. The van der Waals surface area contributed by atoms with E-state index in [-0.39, 0.29) is 11.7 Å². The largest absolute Gasteiger partial charge is 0.323 e. The van der Waals surface area contributed by atoms with E-state index < -0.39 is 0 Å². The molecule has 1 amide bonds. The highest BCUT2D eigenvalue weighted by atomic mass is 19.1. The fourth-order valence-electron chi connectivity index (χ4n) is 1.93. The molecule has 0 aliphatic heterocycles. The molecule has 4 nitrogen and oxygen atoms in total. The topological polar surface area (TPSA) is 58.4 Å². The number of hydrogen-bond acceptors (Lipinski definition) is 3. The Bertz CT molecular complexity index is 626. The van der Waals surface area contributed by atoms with E-state index in [0.29, 0.717) is 16.9 Å². The van der Waals surface area contributed by atoms with Crippen LogP contribution in [0.2, 0.25) is 0 Å². The molecule has 20 heavy (non-hydrogen) atoms. The van der Waals surface area contributed by atoms with E-state index in [0.717, 1.165) is 5.56 Å². The molecule has 0 radical (unpaired) electrons. The molecule has 0 aromatic heterocycles. The van der Waals surface area contributed by atoms with Crippen LogP contribution in [0.3, 0.4) is 0 Å². The highest BCUT2D eigenvalue weighted by Crippen LogP contribution is 2.21. The minimum Gasteiger partial charge on any atom is -0.323 e. The van der Waals surface area contributed by atoms with Crippen molar-refractivity contribution >= 4 is 17.3 Å². The predicted molar refractivity (Wildman–Crippen MR) is 78.1 cm³/mol. The molecule has 0 atom stereocenters. The molecule has 0 fully saturated rings. The van der Waals surface area contributed by atoms with E-state index in [1.54, 1.807) is 31.3 Å². The molecule has 0 bridgehead atoms. The van der Waals surface area contributed by atoms with Gasteiger partial charge in [-0.05, 0) is 48.9 Å². The number of benzene rings is 2. The molecule has 0 aliphatic carbocycles. The van der Waals surface area contributed by atoms with Crippen molar-refractivity contribution in [3.8, 4) is 0 Å². The molecule has 0 spiro atoms. The summed E-state index contributed by atoms with van der Waals surface area (Å²) in [6, 6.07) is 11.1. The van der Waals surface area contributed by atoms with Crippen LogP contribution in [0, 0.1) is 12.7 Å². The van der Waals surface area contributed by atoms with Crippen LogP contribution in [-0.4, -0.2) is 13.0 Å². The fourth-order valence-corrected chi connectivity index (χ4v) is 1.93. The van der Waals surface area contributed by atoms with Gasteiger partial charge in [0, 0.05) is 12.7 Å². The lowest BCUT2D eigenvalue weighted by Gasteiger charge is -2.19. The average molecular weight is 273 g/mol. The predicted octanol–water partition coefficient (Wildman–Crippen LogP) is 2.70. The number of halogens is 1. The van der Waals surface area contributed by atoms with Crippen molar-refractivity contribution in [2.24, 2.45) is 5.84 Å². The van der Waals surface area contributed by atoms with Crippen LogP contribution in [0.4, 0.5) is 15.8 Å². The first-order valence-corrected chi connectivity index (χ1v) is 6.14. The van der Waals surface area contributed by atoms with Gasteiger partial charge in [0.1, 0.15) is 5.82 Å². The summed E-state index contributed by atoms with van der Waals surface area (Å²) in [5, 5.41) is 0. The van der Waals surface area contributed by atoms with Crippen LogP contribution in [0.25, 0.3) is 0 Å². The van der Waals surface area contributed by atoms with Gasteiger partial charge in [-0.2, -0.15) is 0 Å². The van der Waals surface area contributed by atoms with E-state index in [2.05, 4.69) is 5.43 Å². The Hall–Kier alpha value is -2.40. The molecule has 2 rings (SSSR count). The second-order valence-corrected chi connectivity index (χ2v) is 4.53. The van der Waals surface area contributed by atoms with Crippen molar-refractivity contribution in [1.29, 1.82) is 0 Å². The number of nitrogens with two attached hydrogens (primary N) is 1. The first kappa shape index (κ1) is 14.0. The molecule has 3 N–H and O–H groups in total. The highest BCUT2D eigenvalue weighted by Gasteiger charge is 2.17. The molecule has 0 unspecified atom stereocenters. The van der Waals surface area contributed by atoms with E-state index in [1.807, 2.05) is 13.0 Å². The van der Waals surface area contributed by atoms with E-state index in [4.69, 9.17) is 5.84 Å². The average Bonchev–Trinajstić information content (AvgIpc) is 2.46. The van der Waals surface area contributed by atoms with Gasteiger partial charge in [0.05, 0.1) is 11.3 Å². The van der Waals surface area contributed by atoms with Crippen molar-refractivity contribution < 1.29 is 9.18 Å². The monoisotopic (exact) mass is 273 g/mol. The molecule has 0 aliphatic rings. The third kappa shape index (κ3) is 2.78. The van der Waals surface area contributed by atoms with E-state index in [1.165, 1.54) is 17.0 Å². The number of hydrogen-bond donors (Lipinski definition) is 2. The number of rotatable bonds is 3. The molecular formula is C15H16FN3O. The number of hydrazine groups is 1. The number of nitrogen functional groups attached to an aromatic ring is 1. The van der Waals surface area contributed by atoms with Gasteiger partial charge >= 0.3 is 0 Å². The fraction of sp³-hybridized carbons (Fsp3) is 0.133. The molecule has 5 heteroatoms. The maximum atomic E-state index is 12.9. The lowest BCUT2D eigenvalue weighted by atomic mass is 10.1. The van der Waals surface area contributed by atoms with E-state index >= 15 is 0 Å². The minimum atomic E-state index is -0.339. The van der Waals surface area contributed by atoms with Gasteiger partial charge in [0.2, 0.25) is 0 Å². The van der Waals surface area contributed by atoms with Gasteiger partial charge in [0.15, 0.2) is 0 Å². The summed E-state index contributed by atoms with van der Waals surface area (Å²) >= 11 is 0. The lowest BCUT2D eigenvalue weighted by molar-refractivity contribution is 0.0993. The quantitative estimate of drug-likeness (QED) is 0.667. The van der Waals surface area contributed by atoms with Crippen LogP contribution < -0.4 is 16.2 Å². The number of nitrogens with one attached hydrogen (secondary N) is 1. The summed E-state index contributed by atoms with van der Waals surface area (Å²) in [4.78, 5) is 13.9. The second-order valence-electron chi connectivity index (χ2n) is 4.53. The lowest BCUT2D eigenvalue weighted by Crippen LogP contribution is -2.27. The summed E-state index contributed by atoms with van der Waals surface area (Å²) in [6.07, 6.45) is 0. The van der Waals surface area contributed by atoms with Crippen LogP contribution in [-0.2, 0) is 0 Å². The molecule has 2 aromatic carbocycles. The van der Waals surface area contributed by atoms with Gasteiger partial charge in [-0.25, -0.2) is 4.39 Å². The number of anilines is 2. The maximum absolute atomic E-state index is 12.9. The van der Waals surface area contributed by atoms with Crippen molar-refractivity contribution in [2.75, 3.05) is 17.4 Å². The van der Waals surface area contributed by atoms with Crippen LogP contribution >= 0.6 is 0 Å². The van der Waals surface area contributed by atoms with E-state index in [9.17, 15) is 9.18 Å². The van der Waals surface area contributed by atoms with Crippen molar-refractivity contribution in [1.82, 2.24) is 0 Å². The Balaban J connectivity index is 2.33. The third-order valence-corrected chi connectivity index (χ3v) is 3.08. The molecule has 104 valence electrons. The first-order chi connectivity index (χ1) is 9.52. The summed E-state index contributed by atoms with van der Waals surface area (Å²) in [5.41, 5.74) is 5.16. The van der Waals surface area contributed by atoms with Crippen molar-refractivity contribution in [3.63, 3.8) is 0 Å². The standard InChI is InChI=1S/C15H16FN3O/c1-10-3-8-13(14(9-10)18-17)15(20)19(2)12-6-4-11(16)5-7-12/h3-9,18H,17H2,1-2H3. The molecule has 0 heterocycles. The smallest absolute Gasteiger partial charge is 0.260 e. The van der Waals surface area contributed by atoms with Gasteiger partial charge in [-0.15, -0.1) is 0 Å². The Morgan fingerprint density at radius 1 is 1.20 bits per heavy atom. The zero-order valence-corrected chi connectivity index (χ0v) is 11.4. The van der Waals surface area contributed by atoms with Gasteiger partial charge in [0.25, 0.3) is 5.91 Å². The Morgan fingerprint density at radius 3 is 2.45 bits per heavy atom. The summed E-state index contributed by atoms with van der Waals surface area (Å²) in [6.45, 7) is 1.92. The molecular weight excluding hydrogens is 257 g/mol. The third-order valence-electron chi connectivity index (χ3n) is 3.08. The highest BCUT2D eigenvalue weighted by molar-refractivity contribution is 6.09. The summed E-state index contributed by atoms with van der Waals surface area (Å²) < 4.78 is 12.9. The zero-order valence-electron chi connectivity index (χ0n) is 11.4. The van der Waals surface area contributed by atoms with Gasteiger partial charge in [-0.1, -0.05) is 6.07 Å². The number of nitrogens with zero attached hydrogens (tertiary/aromatic N) is 1. The van der Waals surface area contributed by atoms with Gasteiger partial charge < -0.3 is 10.3 Å². The summed E-state index contributed by atoms with van der Waals surface area (Å²) in [7, 11) is 1.63. The Kier molecular flexibility index (Phi) is 4.00. The van der Waals surface area contributed by atoms with Crippen LogP contribution in [0.5, 0.6) is 0 Å². The molecule has 0 saturated heterocycles. The van der Waals surface area contributed by atoms with Gasteiger partial charge in [-0.3, -0.25) is 10.6 Å². The van der Waals surface area contributed by atoms with Crippen molar-refractivity contribution in [2.45, 2.75) is 6.92 Å². The maximum Gasteiger partial charge on any atom is 0.260 e. The number of amides is 1. The molecule has 2 aromatic rings. The minimum absolute atomic E-state index is 0.218. The SMILES string of the molecule is Cc1ccc(C(=O)N(C)c2ccc(F)cc2)c(NN)c1. The molecule has 0 saturated carbocycles. The first-order valence-electron chi connectivity index (χ1n) is 6.14. The number of carbonyl (C=O) groups excluding carboxylic acids is 1. The second kappa shape index (κ2) is 5.71. The Labute approximate surface area is 117 Å².